The quantitative estimate of drug-likeness (QED) is 0.347. The lowest BCUT2D eigenvalue weighted by atomic mass is 9.54. The van der Waals surface area contributed by atoms with Gasteiger partial charge in [-0.2, -0.15) is 0 Å². The van der Waals surface area contributed by atoms with Crippen LogP contribution in [-0.2, 0) is 4.65 Å². The molecule has 0 saturated carbocycles. The Bertz CT molecular complexity index is 1260. The standard InChI is InChI=1S/C31H35BO5/c1-3-8-19(15-20-9-7-10-22(33)16-20)13-14-27-28-21(4-2)17-25-29(26(28)18-32(36)37-27)31(35)24-12-6-5-11-23(24)30(25)34/h5-7,9-12,15-16,25-27,29,33,36H,3-4,8,13-14,17-18H2,1-2H3/b19-15+/t25-,26+,27-,29-/m1/s1. The van der Waals surface area contributed by atoms with Crippen molar-refractivity contribution in [3.05, 3.63) is 81.9 Å². The van der Waals surface area contributed by atoms with Crippen LogP contribution in [0.25, 0.3) is 6.08 Å². The molecule has 1 heterocycles. The molecule has 0 aromatic heterocycles. The molecule has 5 nitrogen and oxygen atoms in total. The number of phenols is 1. The van der Waals surface area contributed by atoms with Crippen molar-refractivity contribution in [2.75, 3.05) is 0 Å². The van der Waals surface area contributed by atoms with Crippen molar-refractivity contribution in [1.82, 2.24) is 0 Å². The lowest BCUT2D eigenvalue weighted by Crippen LogP contribution is -2.50. The maximum absolute atomic E-state index is 13.7. The van der Waals surface area contributed by atoms with Gasteiger partial charge in [0.2, 0.25) is 0 Å². The summed E-state index contributed by atoms with van der Waals surface area (Å²) in [5, 5.41) is 20.6. The maximum atomic E-state index is 13.7. The Kier molecular flexibility index (Phi) is 7.50. The maximum Gasteiger partial charge on any atom is 0.455 e. The van der Waals surface area contributed by atoms with Crippen LogP contribution in [0.3, 0.4) is 0 Å². The minimum atomic E-state index is -0.958. The average molecular weight is 498 g/mol. The van der Waals surface area contributed by atoms with E-state index < -0.39 is 13.0 Å². The molecule has 6 heteroatoms. The summed E-state index contributed by atoms with van der Waals surface area (Å²) in [6.07, 6.45) is 7.01. The fourth-order valence-electron chi connectivity index (χ4n) is 6.76. The second-order valence-corrected chi connectivity index (χ2v) is 10.6. The van der Waals surface area contributed by atoms with E-state index in [1.807, 2.05) is 24.3 Å². The fraction of sp³-hybridized carbons (Fsp3) is 0.419. The molecule has 2 aromatic carbocycles. The van der Waals surface area contributed by atoms with Crippen LogP contribution in [-0.4, -0.2) is 34.9 Å². The summed E-state index contributed by atoms with van der Waals surface area (Å²) in [6.45, 7) is 4.25. The number of carbonyl (C=O) groups is 2. The zero-order valence-electron chi connectivity index (χ0n) is 21.7. The smallest absolute Gasteiger partial charge is 0.455 e. The summed E-state index contributed by atoms with van der Waals surface area (Å²) in [4.78, 5) is 27.2. The summed E-state index contributed by atoms with van der Waals surface area (Å²) in [6, 6.07) is 14.4. The zero-order chi connectivity index (χ0) is 26.1. The van der Waals surface area contributed by atoms with E-state index in [0.29, 0.717) is 30.3 Å². The number of allylic oxidation sites excluding steroid dienone is 2. The number of ketones is 2. The van der Waals surface area contributed by atoms with Crippen LogP contribution in [0.2, 0.25) is 6.32 Å². The van der Waals surface area contributed by atoms with Gasteiger partial charge in [-0.25, -0.2) is 0 Å². The topological polar surface area (TPSA) is 83.8 Å². The van der Waals surface area contributed by atoms with Crippen molar-refractivity contribution in [2.45, 2.75) is 64.8 Å². The lowest BCUT2D eigenvalue weighted by Gasteiger charge is -2.47. The van der Waals surface area contributed by atoms with E-state index in [4.69, 9.17) is 4.65 Å². The molecule has 2 aliphatic carbocycles. The van der Waals surface area contributed by atoms with Gasteiger partial charge in [-0.05, 0) is 67.6 Å². The van der Waals surface area contributed by atoms with Crippen LogP contribution in [0.1, 0.15) is 78.7 Å². The van der Waals surface area contributed by atoms with E-state index in [2.05, 4.69) is 19.9 Å². The first-order chi connectivity index (χ1) is 17.9. The zero-order valence-corrected chi connectivity index (χ0v) is 21.7. The highest BCUT2D eigenvalue weighted by Gasteiger charge is 2.53. The summed E-state index contributed by atoms with van der Waals surface area (Å²) in [5.41, 5.74) is 5.63. The highest BCUT2D eigenvalue weighted by molar-refractivity contribution is 6.43. The summed E-state index contributed by atoms with van der Waals surface area (Å²) in [5.74, 6) is -0.654. The third-order valence-corrected chi connectivity index (χ3v) is 8.33. The number of rotatable bonds is 7. The molecule has 5 rings (SSSR count). The molecule has 2 aromatic rings. The number of benzene rings is 2. The Morgan fingerprint density at radius 2 is 1.78 bits per heavy atom. The first-order valence-electron chi connectivity index (χ1n) is 13.6. The Morgan fingerprint density at radius 1 is 1.03 bits per heavy atom. The van der Waals surface area contributed by atoms with E-state index in [0.717, 1.165) is 36.8 Å². The molecule has 2 N–H and O–H groups in total. The predicted molar refractivity (Wildman–Crippen MR) is 145 cm³/mol. The van der Waals surface area contributed by atoms with E-state index in [-0.39, 0.29) is 35.3 Å². The van der Waals surface area contributed by atoms with Gasteiger partial charge in [-0.15, -0.1) is 0 Å². The van der Waals surface area contributed by atoms with Gasteiger partial charge in [0.15, 0.2) is 11.6 Å². The summed E-state index contributed by atoms with van der Waals surface area (Å²) < 4.78 is 6.13. The van der Waals surface area contributed by atoms with Crippen molar-refractivity contribution in [3.8, 4) is 5.75 Å². The van der Waals surface area contributed by atoms with Crippen molar-refractivity contribution < 1.29 is 24.4 Å². The van der Waals surface area contributed by atoms with Crippen molar-refractivity contribution in [3.63, 3.8) is 0 Å². The highest BCUT2D eigenvalue weighted by Crippen LogP contribution is 2.51. The minimum Gasteiger partial charge on any atom is -0.508 e. The Labute approximate surface area is 219 Å². The molecule has 1 saturated heterocycles. The second-order valence-electron chi connectivity index (χ2n) is 10.6. The van der Waals surface area contributed by atoms with Crippen molar-refractivity contribution in [2.24, 2.45) is 17.8 Å². The Balaban J connectivity index is 1.45. The van der Waals surface area contributed by atoms with Gasteiger partial charge in [0.1, 0.15) is 5.75 Å². The third kappa shape index (κ3) is 4.97. The van der Waals surface area contributed by atoms with E-state index in [1.165, 1.54) is 11.1 Å². The van der Waals surface area contributed by atoms with E-state index in [9.17, 15) is 19.7 Å². The van der Waals surface area contributed by atoms with Crippen LogP contribution >= 0.6 is 0 Å². The van der Waals surface area contributed by atoms with Crippen LogP contribution in [0, 0.1) is 17.8 Å². The summed E-state index contributed by atoms with van der Waals surface area (Å²) in [7, 11) is -0.958. The molecular weight excluding hydrogens is 463 g/mol. The van der Waals surface area contributed by atoms with Crippen LogP contribution in [0.15, 0.2) is 65.3 Å². The average Bonchev–Trinajstić information content (AvgIpc) is 2.89. The molecule has 3 aliphatic rings. The number of fused-ring (bicyclic) bond motifs is 4. The van der Waals surface area contributed by atoms with Gasteiger partial charge in [-0.3, -0.25) is 9.59 Å². The van der Waals surface area contributed by atoms with Gasteiger partial charge in [0, 0.05) is 23.0 Å². The molecule has 1 aliphatic heterocycles. The summed E-state index contributed by atoms with van der Waals surface area (Å²) >= 11 is 0. The number of phenolic OH excluding ortho intramolecular Hbond substituents is 1. The van der Waals surface area contributed by atoms with Gasteiger partial charge in [0.05, 0.1) is 6.10 Å². The van der Waals surface area contributed by atoms with E-state index >= 15 is 0 Å². The molecule has 0 unspecified atom stereocenters. The number of carbonyl (C=O) groups excluding carboxylic acids is 2. The molecule has 0 amide bonds. The van der Waals surface area contributed by atoms with Gasteiger partial charge < -0.3 is 14.8 Å². The predicted octanol–water partition coefficient (Wildman–Crippen LogP) is 6.27. The number of hydrogen-bond donors (Lipinski definition) is 2. The number of Topliss-reactive ketones (excluding diaryl/α,β-unsaturated/α-hetero) is 2. The molecule has 1 fully saturated rings. The van der Waals surface area contributed by atoms with Gasteiger partial charge in [-0.1, -0.05) is 73.9 Å². The van der Waals surface area contributed by atoms with Gasteiger partial charge in [0.25, 0.3) is 0 Å². The monoisotopic (exact) mass is 498 g/mol. The first-order valence-corrected chi connectivity index (χ1v) is 13.6. The normalized spacial score (nSPS) is 25.6. The largest absolute Gasteiger partial charge is 0.508 e. The van der Waals surface area contributed by atoms with Crippen LogP contribution < -0.4 is 0 Å². The molecule has 4 atom stereocenters. The van der Waals surface area contributed by atoms with Crippen LogP contribution in [0.4, 0.5) is 0 Å². The molecule has 192 valence electrons. The van der Waals surface area contributed by atoms with Crippen LogP contribution in [0.5, 0.6) is 5.75 Å². The first kappa shape index (κ1) is 25.7. The molecular formula is C31H35BO5. The SMILES string of the molecule is CCC/C(=C\c1cccc(O)c1)CC[C@H]1OB(O)C[C@H]2C1=C(CC)C[C@H]1C(=O)c3ccccc3C(=O)[C@H]12. The molecule has 0 bridgehead atoms. The highest BCUT2D eigenvalue weighted by atomic mass is 16.5. The fourth-order valence-corrected chi connectivity index (χ4v) is 6.76. The molecule has 37 heavy (non-hydrogen) atoms. The Morgan fingerprint density at radius 3 is 2.49 bits per heavy atom. The third-order valence-electron chi connectivity index (χ3n) is 8.33. The molecule has 0 radical (unpaired) electrons. The van der Waals surface area contributed by atoms with Crippen molar-refractivity contribution in [1.29, 1.82) is 0 Å². The minimum absolute atomic E-state index is 0.0288. The number of aromatic hydroxyl groups is 1. The number of hydrogen-bond acceptors (Lipinski definition) is 5. The van der Waals surface area contributed by atoms with Crippen molar-refractivity contribution >= 4 is 24.8 Å². The van der Waals surface area contributed by atoms with E-state index in [1.54, 1.807) is 24.3 Å². The second kappa shape index (κ2) is 10.8. The molecule has 0 spiro atoms. The van der Waals surface area contributed by atoms with Gasteiger partial charge >= 0.3 is 7.12 Å². The Hall–Kier alpha value is -2.96. The lowest BCUT2D eigenvalue weighted by molar-refractivity contribution is 0.0599.